The quantitative estimate of drug-likeness (QED) is 0.896. The monoisotopic (exact) mass is 285 g/mol. The van der Waals surface area contributed by atoms with Gasteiger partial charge in [-0.2, -0.15) is 10.2 Å². The molecule has 0 bridgehead atoms. The van der Waals surface area contributed by atoms with Gasteiger partial charge in [0.25, 0.3) is 5.91 Å². The molecule has 0 saturated carbocycles. The van der Waals surface area contributed by atoms with Gasteiger partial charge >= 0.3 is 5.97 Å². The Labute approximate surface area is 121 Å². The van der Waals surface area contributed by atoms with E-state index in [0.717, 1.165) is 0 Å². The highest BCUT2D eigenvalue weighted by atomic mass is 16.4. The second-order valence-electron chi connectivity index (χ2n) is 4.71. The highest BCUT2D eigenvalue weighted by Crippen LogP contribution is 2.14. The first-order chi connectivity index (χ1) is 9.95. The van der Waals surface area contributed by atoms with Crippen molar-refractivity contribution >= 4 is 17.6 Å². The van der Waals surface area contributed by atoms with Crippen molar-refractivity contribution in [3.8, 4) is 0 Å². The molecule has 0 atom stereocenters. The first kappa shape index (κ1) is 14.6. The molecular formula is C15H15N3O3. The van der Waals surface area contributed by atoms with Gasteiger partial charge in [-0.25, -0.2) is 0 Å². The Balaban J connectivity index is 2.19. The van der Waals surface area contributed by atoms with Crippen molar-refractivity contribution in [2.45, 2.75) is 20.3 Å². The fourth-order valence-electron chi connectivity index (χ4n) is 1.91. The van der Waals surface area contributed by atoms with Gasteiger partial charge in [-0.1, -0.05) is 12.1 Å². The zero-order valence-electron chi connectivity index (χ0n) is 11.8. The van der Waals surface area contributed by atoms with Crippen LogP contribution in [0.15, 0.2) is 30.3 Å². The third-order valence-electron chi connectivity index (χ3n) is 2.89. The van der Waals surface area contributed by atoms with Crippen LogP contribution in [-0.4, -0.2) is 27.2 Å². The van der Waals surface area contributed by atoms with Crippen LogP contribution in [0.4, 0.5) is 5.69 Å². The molecule has 1 aromatic carbocycles. The fourth-order valence-corrected chi connectivity index (χ4v) is 1.91. The number of rotatable bonds is 4. The van der Waals surface area contributed by atoms with Gasteiger partial charge in [0.1, 0.15) is 0 Å². The average molecular weight is 285 g/mol. The number of nitrogens with one attached hydrogen (secondary N) is 1. The standard InChI is InChI=1S/C15H15N3O3/c1-9-6-13(10(2)18-17-9)15(21)16-12-5-3-4-11(7-12)8-14(19)20/h3-7H,8H2,1-2H3,(H,16,21)(H,19,20). The molecule has 0 saturated heterocycles. The van der Waals surface area contributed by atoms with E-state index in [4.69, 9.17) is 5.11 Å². The van der Waals surface area contributed by atoms with Crippen molar-refractivity contribution in [3.63, 3.8) is 0 Å². The van der Waals surface area contributed by atoms with E-state index >= 15 is 0 Å². The molecule has 2 aromatic rings. The third kappa shape index (κ3) is 3.85. The Morgan fingerprint density at radius 1 is 1.19 bits per heavy atom. The number of amides is 1. The normalized spacial score (nSPS) is 10.2. The van der Waals surface area contributed by atoms with Crippen LogP contribution in [-0.2, 0) is 11.2 Å². The number of hydrogen-bond donors (Lipinski definition) is 2. The van der Waals surface area contributed by atoms with E-state index in [1.54, 1.807) is 44.2 Å². The summed E-state index contributed by atoms with van der Waals surface area (Å²) in [6.07, 6.45) is -0.0847. The number of carboxylic acids is 1. The molecule has 2 N–H and O–H groups in total. The van der Waals surface area contributed by atoms with Gasteiger partial charge < -0.3 is 10.4 Å². The van der Waals surface area contributed by atoms with E-state index in [1.165, 1.54) is 0 Å². The van der Waals surface area contributed by atoms with Crippen LogP contribution in [0.25, 0.3) is 0 Å². The minimum atomic E-state index is -0.914. The summed E-state index contributed by atoms with van der Waals surface area (Å²) in [6, 6.07) is 8.42. The van der Waals surface area contributed by atoms with Crippen molar-refractivity contribution in [2.75, 3.05) is 5.32 Å². The second-order valence-corrected chi connectivity index (χ2v) is 4.71. The summed E-state index contributed by atoms with van der Waals surface area (Å²) < 4.78 is 0. The molecule has 0 spiro atoms. The van der Waals surface area contributed by atoms with Crippen molar-refractivity contribution < 1.29 is 14.7 Å². The van der Waals surface area contributed by atoms with Crippen molar-refractivity contribution in [1.82, 2.24) is 10.2 Å². The number of carboxylic acid groups (broad SMARTS) is 1. The van der Waals surface area contributed by atoms with Crippen LogP contribution in [0.1, 0.15) is 27.3 Å². The largest absolute Gasteiger partial charge is 0.481 e. The third-order valence-corrected chi connectivity index (χ3v) is 2.89. The van der Waals surface area contributed by atoms with Crippen molar-refractivity contribution in [2.24, 2.45) is 0 Å². The maximum absolute atomic E-state index is 12.2. The summed E-state index contributed by atoms with van der Waals surface area (Å²) in [5, 5.41) is 19.3. The lowest BCUT2D eigenvalue weighted by molar-refractivity contribution is -0.136. The average Bonchev–Trinajstić information content (AvgIpc) is 2.41. The number of anilines is 1. The van der Waals surface area contributed by atoms with E-state index < -0.39 is 5.97 Å². The minimum Gasteiger partial charge on any atom is -0.481 e. The van der Waals surface area contributed by atoms with Gasteiger partial charge in [0.05, 0.1) is 23.4 Å². The first-order valence-electron chi connectivity index (χ1n) is 6.38. The van der Waals surface area contributed by atoms with Crippen LogP contribution in [0.2, 0.25) is 0 Å². The van der Waals surface area contributed by atoms with E-state index in [2.05, 4.69) is 15.5 Å². The van der Waals surface area contributed by atoms with Crippen LogP contribution in [0.3, 0.4) is 0 Å². The smallest absolute Gasteiger partial charge is 0.307 e. The zero-order valence-corrected chi connectivity index (χ0v) is 11.8. The second kappa shape index (κ2) is 6.13. The molecule has 0 radical (unpaired) electrons. The zero-order chi connectivity index (χ0) is 15.4. The SMILES string of the molecule is Cc1cc(C(=O)Nc2cccc(CC(=O)O)c2)c(C)nn1. The number of nitrogens with zero attached hydrogens (tertiary/aromatic N) is 2. The Bertz CT molecular complexity index is 698. The Morgan fingerprint density at radius 2 is 1.95 bits per heavy atom. The molecule has 0 unspecified atom stereocenters. The predicted octanol–water partition coefficient (Wildman–Crippen LogP) is 1.97. The number of carbonyl (C=O) groups is 2. The number of aliphatic carboxylic acids is 1. The van der Waals surface area contributed by atoms with E-state index in [1.807, 2.05) is 0 Å². The molecular weight excluding hydrogens is 270 g/mol. The van der Waals surface area contributed by atoms with Gasteiger partial charge in [-0.05, 0) is 37.6 Å². The Kier molecular flexibility index (Phi) is 4.27. The minimum absolute atomic E-state index is 0.0847. The number of aromatic nitrogens is 2. The van der Waals surface area contributed by atoms with E-state index in [9.17, 15) is 9.59 Å². The molecule has 0 fully saturated rings. The maximum Gasteiger partial charge on any atom is 0.307 e. The van der Waals surface area contributed by atoms with Gasteiger partial charge in [0.15, 0.2) is 0 Å². The van der Waals surface area contributed by atoms with Crippen molar-refractivity contribution in [3.05, 3.63) is 52.8 Å². The van der Waals surface area contributed by atoms with Gasteiger partial charge in [0, 0.05) is 5.69 Å². The molecule has 108 valence electrons. The fraction of sp³-hybridized carbons (Fsp3) is 0.200. The van der Waals surface area contributed by atoms with Crippen LogP contribution < -0.4 is 5.32 Å². The summed E-state index contributed by atoms with van der Waals surface area (Å²) in [6.45, 7) is 3.47. The Morgan fingerprint density at radius 3 is 2.67 bits per heavy atom. The topological polar surface area (TPSA) is 92.2 Å². The Hall–Kier alpha value is -2.76. The lowest BCUT2D eigenvalue weighted by atomic mass is 10.1. The molecule has 0 aliphatic carbocycles. The molecule has 1 amide bonds. The first-order valence-corrected chi connectivity index (χ1v) is 6.38. The summed E-state index contributed by atoms with van der Waals surface area (Å²) in [4.78, 5) is 22.9. The van der Waals surface area contributed by atoms with E-state index in [0.29, 0.717) is 28.2 Å². The molecule has 2 rings (SSSR count). The van der Waals surface area contributed by atoms with Gasteiger partial charge in [-0.3, -0.25) is 9.59 Å². The molecule has 0 aliphatic heterocycles. The highest BCUT2D eigenvalue weighted by molar-refractivity contribution is 6.05. The number of aryl methyl sites for hydroxylation is 2. The molecule has 1 aromatic heterocycles. The molecule has 6 nitrogen and oxygen atoms in total. The number of hydrogen-bond acceptors (Lipinski definition) is 4. The van der Waals surface area contributed by atoms with Crippen LogP contribution >= 0.6 is 0 Å². The summed E-state index contributed by atoms with van der Waals surface area (Å²) in [5.41, 5.74) is 2.82. The molecule has 0 aliphatic rings. The molecule has 1 heterocycles. The van der Waals surface area contributed by atoms with Gasteiger partial charge in [-0.15, -0.1) is 0 Å². The number of benzene rings is 1. The van der Waals surface area contributed by atoms with Crippen LogP contribution in [0.5, 0.6) is 0 Å². The lowest BCUT2D eigenvalue weighted by Gasteiger charge is -2.08. The summed E-state index contributed by atoms with van der Waals surface area (Å²) in [5.74, 6) is -1.21. The van der Waals surface area contributed by atoms with E-state index in [-0.39, 0.29) is 12.3 Å². The summed E-state index contributed by atoms with van der Waals surface area (Å²) in [7, 11) is 0. The molecule has 6 heteroatoms. The summed E-state index contributed by atoms with van der Waals surface area (Å²) >= 11 is 0. The maximum atomic E-state index is 12.2. The van der Waals surface area contributed by atoms with Crippen molar-refractivity contribution in [1.29, 1.82) is 0 Å². The van der Waals surface area contributed by atoms with Crippen LogP contribution in [0, 0.1) is 13.8 Å². The molecule has 21 heavy (non-hydrogen) atoms. The highest BCUT2D eigenvalue weighted by Gasteiger charge is 2.12. The predicted molar refractivity (Wildman–Crippen MR) is 77.2 cm³/mol. The number of carbonyl (C=O) groups excluding carboxylic acids is 1. The lowest BCUT2D eigenvalue weighted by Crippen LogP contribution is -2.15. The van der Waals surface area contributed by atoms with Gasteiger partial charge in [0.2, 0.25) is 0 Å².